The number of rotatable bonds is 9. The van der Waals surface area contributed by atoms with Crippen LogP contribution in [0.2, 0.25) is 0 Å². The molecule has 116 valence electrons. The molecular weight excluding hydrogens is 312 g/mol. The standard InChI is InChI=1S/C14H18O5S2/c1-2-11-19-21(17,18)13-8-4-7-12-20(15,16)14-9-5-3-6-10-14/h1,3,5-6,9-10H,4,7-8,11-13H2. The molecule has 0 amide bonds. The highest BCUT2D eigenvalue weighted by molar-refractivity contribution is 7.91. The Bertz CT molecular complexity index is 670. The molecule has 0 saturated carbocycles. The maximum Gasteiger partial charge on any atom is 0.268 e. The summed E-state index contributed by atoms with van der Waals surface area (Å²) in [7, 11) is -6.90. The van der Waals surface area contributed by atoms with Crippen LogP contribution < -0.4 is 0 Å². The first-order chi connectivity index (χ1) is 9.87. The van der Waals surface area contributed by atoms with Crippen molar-refractivity contribution in [3.63, 3.8) is 0 Å². The zero-order valence-electron chi connectivity index (χ0n) is 11.6. The third-order valence-corrected chi connectivity index (χ3v) is 5.81. The molecule has 0 aliphatic rings. The van der Waals surface area contributed by atoms with Gasteiger partial charge in [-0.05, 0) is 25.0 Å². The van der Waals surface area contributed by atoms with Gasteiger partial charge in [0.2, 0.25) is 0 Å². The van der Waals surface area contributed by atoms with Gasteiger partial charge in [0.05, 0.1) is 16.4 Å². The summed E-state index contributed by atoms with van der Waals surface area (Å²) >= 11 is 0. The second-order valence-electron chi connectivity index (χ2n) is 4.42. The largest absolute Gasteiger partial charge is 0.268 e. The lowest BCUT2D eigenvalue weighted by Crippen LogP contribution is -2.11. The van der Waals surface area contributed by atoms with Gasteiger partial charge in [-0.2, -0.15) is 8.42 Å². The Morgan fingerprint density at radius 3 is 2.19 bits per heavy atom. The van der Waals surface area contributed by atoms with E-state index in [-0.39, 0.29) is 23.0 Å². The molecule has 0 saturated heterocycles. The van der Waals surface area contributed by atoms with Gasteiger partial charge in [-0.15, -0.1) is 6.42 Å². The molecule has 1 aromatic rings. The Labute approximate surface area is 126 Å². The van der Waals surface area contributed by atoms with Crippen LogP contribution in [0.5, 0.6) is 0 Å². The molecule has 0 unspecified atom stereocenters. The fraction of sp³-hybridized carbons (Fsp3) is 0.429. The van der Waals surface area contributed by atoms with Crippen LogP contribution in [-0.2, 0) is 24.1 Å². The van der Waals surface area contributed by atoms with Crippen molar-refractivity contribution in [2.24, 2.45) is 0 Å². The molecule has 21 heavy (non-hydrogen) atoms. The van der Waals surface area contributed by atoms with E-state index in [0.29, 0.717) is 19.3 Å². The molecule has 0 bridgehead atoms. The Hall–Kier alpha value is -1.36. The van der Waals surface area contributed by atoms with Crippen LogP contribution >= 0.6 is 0 Å². The number of benzene rings is 1. The topological polar surface area (TPSA) is 77.5 Å². The van der Waals surface area contributed by atoms with E-state index in [1.54, 1.807) is 30.3 Å². The lowest BCUT2D eigenvalue weighted by Gasteiger charge is -2.05. The van der Waals surface area contributed by atoms with Crippen molar-refractivity contribution >= 4 is 20.0 Å². The Morgan fingerprint density at radius 2 is 1.57 bits per heavy atom. The third kappa shape index (κ3) is 6.76. The molecule has 0 atom stereocenters. The molecule has 5 nitrogen and oxygen atoms in total. The van der Waals surface area contributed by atoms with Gasteiger partial charge in [-0.25, -0.2) is 8.42 Å². The maximum absolute atomic E-state index is 12.0. The Kier molecular flexibility index (Phi) is 6.89. The van der Waals surface area contributed by atoms with Gasteiger partial charge in [-0.1, -0.05) is 30.5 Å². The predicted molar refractivity (Wildman–Crippen MR) is 80.9 cm³/mol. The van der Waals surface area contributed by atoms with Crippen molar-refractivity contribution in [3.05, 3.63) is 30.3 Å². The number of hydrogen-bond acceptors (Lipinski definition) is 5. The summed E-state index contributed by atoms with van der Waals surface area (Å²) in [5.74, 6) is 1.93. The van der Waals surface area contributed by atoms with Gasteiger partial charge in [0.15, 0.2) is 9.84 Å². The zero-order chi connectivity index (χ0) is 15.8. The van der Waals surface area contributed by atoms with Gasteiger partial charge >= 0.3 is 0 Å². The van der Waals surface area contributed by atoms with Crippen molar-refractivity contribution in [2.45, 2.75) is 24.2 Å². The second-order valence-corrected chi connectivity index (χ2v) is 8.29. The van der Waals surface area contributed by atoms with E-state index in [0.717, 1.165) is 0 Å². The van der Waals surface area contributed by atoms with Crippen molar-refractivity contribution in [1.82, 2.24) is 0 Å². The first kappa shape index (κ1) is 17.7. The van der Waals surface area contributed by atoms with Gasteiger partial charge in [0.25, 0.3) is 10.1 Å². The van der Waals surface area contributed by atoms with E-state index < -0.39 is 20.0 Å². The smallest absolute Gasteiger partial charge is 0.257 e. The maximum atomic E-state index is 12.0. The van der Waals surface area contributed by atoms with Crippen LogP contribution in [0.1, 0.15) is 19.3 Å². The molecule has 0 N–H and O–H groups in total. The minimum Gasteiger partial charge on any atom is -0.257 e. The fourth-order valence-electron chi connectivity index (χ4n) is 1.68. The Morgan fingerprint density at radius 1 is 0.952 bits per heavy atom. The average Bonchev–Trinajstić information content (AvgIpc) is 2.45. The highest BCUT2D eigenvalue weighted by Crippen LogP contribution is 2.12. The van der Waals surface area contributed by atoms with E-state index in [9.17, 15) is 16.8 Å². The molecule has 1 aromatic carbocycles. The SMILES string of the molecule is C#CCOS(=O)(=O)CCCCCS(=O)(=O)c1ccccc1. The zero-order valence-corrected chi connectivity index (χ0v) is 13.2. The summed E-state index contributed by atoms with van der Waals surface area (Å²) in [5, 5.41) is 0. The number of sulfone groups is 1. The summed E-state index contributed by atoms with van der Waals surface area (Å²) < 4.78 is 51.1. The molecule has 0 spiro atoms. The van der Waals surface area contributed by atoms with E-state index >= 15 is 0 Å². The van der Waals surface area contributed by atoms with Gasteiger partial charge in [0.1, 0.15) is 6.61 Å². The first-order valence-electron chi connectivity index (χ1n) is 6.46. The summed E-state index contributed by atoms with van der Waals surface area (Å²) in [6.45, 7) is -0.273. The average molecular weight is 330 g/mol. The fourth-order valence-corrected chi connectivity index (χ4v) is 3.99. The van der Waals surface area contributed by atoms with Crippen LogP contribution in [0.3, 0.4) is 0 Å². The number of hydrogen-bond donors (Lipinski definition) is 0. The molecule has 0 aromatic heterocycles. The van der Waals surface area contributed by atoms with E-state index in [1.165, 1.54) is 0 Å². The molecule has 0 fully saturated rings. The van der Waals surface area contributed by atoms with E-state index in [2.05, 4.69) is 10.1 Å². The summed E-state index contributed by atoms with van der Waals surface area (Å²) in [6, 6.07) is 8.19. The third-order valence-electron chi connectivity index (χ3n) is 2.73. The number of terminal acetylenes is 1. The lowest BCUT2D eigenvalue weighted by molar-refractivity contribution is 0.362. The molecular formula is C14H18O5S2. The van der Waals surface area contributed by atoms with Gasteiger partial charge in [-0.3, -0.25) is 4.18 Å². The highest BCUT2D eigenvalue weighted by Gasteiger charge is 2.14. The molecule has 0 aliphatic heterocycles. The lowest BCUT2D eigenvalue weighted by atomic mass is 10.3. The van der Waals surface area contributed by atoms with Gasteiger partial charge in [0, 0.05) is 0 Å². The second kappa shape index (κ2) is 8.17. The van der Waals surface area contributed by atoms with Crippen LogP contribution in [0.25, 0.3) is 0 Å². The van der Waals surface area contributed by atoms with Crippen molar-refractivity contribution in [3.8, 4) is 12.3 Å². The molecule has 1 rings (SSSR count). The summed E-state index contributed by atoms with van der Waals surface area (Å²) in [5.41, 5.74) is 0. The monoisotopic (exact) mass is 330 g/mol. The van der Waals surface area contributed by atoms with Gasteiger partial charge < -0.3 is 0 Å². The quantitative estimate of drug-likeness (QED) is 0.390. The number of unbranched alkanes of at least 4 members (excludes halogenated alkanes) is 2. The van der Waals surface area contributed by atoms with Crippen molar-refractivity contribution in [1.29, 1.82) is 0 Å². The summed E-state index contributed by atoms with van der Waals surface area (Å²) in [4.78, 5) is 0.287. The molecule has 0 aliphatic carbocycles. The normalized spacial score (nSPS) is 12.0. The van der Waals surface area contributed by atoms with Crippen molar-refractivity contribution in [2.75, 3.05) is 18.1 Å². The summed E-state index contributed by atoms with van der Waals surface area (Å²) in [6.07, 6.45) is 6.15. The van der Waals surface area contributed by atoms with Crippen LogP contribution in [0.4, 0.5) is 0 Å². The predicted octanol–water partition coefficient (Wildman–Crippen LogP) is 1.61. The molecule has 0 radical (unpaired) electrons. The van der Waals surface area contributed by atoms with Crippen LogP contribution in [0.15, 0.2) is 35.2 Å². The van der Waals surface area contributed by atoms with Crippen LogP contribution in [-0.4, -0.2) is 34.9 Å². The van der Waals surface area contributed by atoms with Crippen molar-refractivity contribution < 1.29 is 21.0 Å². The highest BCUT2D eigenvalue weighted by atomic mass is 32.2. The van der Waals surface area contributed by atoms with E-state index in [4.69, 9.17) is 6.42 Å². The minimum absolute atomic E-state index is 0.00226. The first-order valence-corrected chi connectivity index (χ1v) is 9.69. The van der Waals surface area contributed by atoms with E-state index in [1.807, 2.05) is 0 Å². The molecule has 7 heteroatoms. The Balaban J connectivity index is 2.34. The molecule has 0 heterocycles. The minimum atomic E-state index is -3.60. The van der Waals surface area contributed by atoms with Crippen LogP contribution in [0, 0.1) is 12.3 Å².